The molecule has 1 aliphatic rings. The minimum atomic E-state index is 0.913. The summed E-state index contributed by atoms with van der Waals surface area (Å²) in [4.78, 5) is 0. The number of benzene rings is 10. The zero-order valence-electron chi connectivity index (χ0n) is 29.4. The van der Waals surface area contributed by atoms with Gasteiger partial charge in [-0.25, -0.2) is 0 Å². The third-order valence-electron chi connectivity index (χ3n) is 11.8. The molecule has 0 bridgehead atoms. The normalized spacial score (nSPS) is 12.4. The van der Waals surface area contributed by atoms with Crippen LogP contribution in [0.4, 0.5) is 0 Å². The first kappa shape index (κ1) is 29.6. The van der Waals surface area contributed by atoms with Crippen LogP contribution in [0.5, 0.6) is 0 Å². The Morgan fingerprint density at radius 1 is 0.352 bits per heavy atom. The molecule has 0 amide bonds. The van der Waals surface area contributed by atoms with E-state index in [1.165, 1.54) is 98.4 Å². The molecule has 0 unspecified atom stereocenters. The van der Waals surface area contributed by atoms with Gasteiger partial charge in [0.2, 0.25) is 0 Å². The van der Waals surface area contributed by atoms with Crippen LogP contribution in [0.3, 0.4) is 0 Å². The Kier molecular flexibility index (Phi) is 6.18. The molecule has 0 atom stereocenters. The van der Waals surface area contributed by atoms with Gasteiger partial charge < -0.3 is 4.42 Å². The molecule has 1 nitrogen and oxygen atoms in total. The maximum atomic E-state index is 6.84. The molecule has 0 fully saturated rings. The summed E-state index contributed by atoms with van der Waals surface area (Å²) in [5.41, 5.74) is 14.5. The fraction of sp³-hybridized carbons (Fsp3) is 0.0189. The van der Waals surface area contributed by atoms with Gasteiger partial charge in [0.25, 0.3) is 0 Å². The molecule has 0 N–H and O–H groups in total. The molecule has 1 aliphatic carbocycles. The highest BCUT2D eigenvalue weighted by molar-refractivity contribution is 6.23. The van der Waals surface area contributed by atoms with E-state index in [-0.39, 0.29) is 0 Å². The lowest BCUT2D eigenvalue weighted by atomic mass is 9.84. The molecular formula is C53H32O. The van der Waals surface area contributed by atoms with Gasteiger partial charge in [0.15, 0.2) is 0 Å². The first-order chi connectivity index (χ1) is 26.8. The van der Waals surface area contributed by atoms with Crippen molar-refractivity contribution in [3.05, 3.63) is 193 Å². The standard InChI is InChI=1S/C53H32O/c1-3-13-34-27-38(23-21-32(34)11-1)50-41-17-7-8-18-42(41)51(39-24-22-33-12-2-4-14-35(33)28-39)47-30-37(25-26-43(47)50)45-31-46-40-16-6-5-15-36(40)29-48(46)52-44-19-9-10-20-49(44)54-53(45)52/h1-28,30-31H,29H2. The van der Waals surface area contributed by atoms with Gasteiger partial charge in [-0.3, -0.25) is 0 Å². The lowest BCUT2D eigenvalue weighted by molar-refractivity contribution is 0.670. The van der Waals surface area contributed by atoms with E-state index in [2.05, 4.69) is 182 Å². The van der Waals surface area contributed by atoms with Crippen molar-refractivity contribution in [3.63, 3.8) is 0 Å². The second-order valence-electron chi connectivity index (χ2n) is 14.8. The van der Waals surface area contributed by atoms with Crippen LogP contribution in [0.15, 0.2) is 186 Å². The van der Waals surface area contributed by atoms with Gasteiger partial charge in [-0.15, -0.1) is 0 Å². The first-order valence-electron chi connectivity index (χ1n) is 18.8. The van der Waals surface area contributed by atoms with Crippen molar-refractivity contribution in [2.24, 2.45) is 0 Å². The third-order valence-corrected chi connectivity index (χ3v) is 11.8. The monoisotopic (exact) mass is 684 g/mol. The molecule has 54 heavy (non-hydrogen) atoms. The topological polar surface area (TPSA) is 13.1 Å². The summed E-state index contributed by atoms with van der Waals surface area (Å²) in [5.74, 6) is 0. The second-order valence-corrected chi connectivity index (χ2v) is 14.8. The summed E-state index contributed by atoms with van der Waals surface area (Å²) >= 11 is 0. The predicted octanol–water partition coefficient (Wildman–Crippen LogP) is 14.8. The van der Waals surface area contributed by atoms with Gasteiger partial charge in [0.1, 0.15) is 11.2 Å². The fourth-order valence-corrected chi connectivity index (χ4v) is 9.39. The van der Waals surface area contributed by atoms with Gasteiger partial charge in [-0.05, 0) is 130 Å². The summed E-state index contributed by atoms with van der Waals surface area (Å²) in [6.07, 6.45) is 0.913. The third kappa shape index (κ3) is 4.27. The van der Waals surface area contributed by atoms with E-state index in [9.17, 15) is 0 Å². The maximum absolute atomic E-state index is 6.84. The largest absolute Gasteiger partial charge is 0.455 e. The summed E-state index contributed by atoms with van der Waals surface area (Å²) < 4.78 is 6.84. The van der Waals surface area contributed by atoms with E-state index in [1.807, 2.05) is 0 Å². The Balaban J connectivity index is 1.21. The molecule has 12 rings (SSSR count). The smallest absolute Gasteiger partial charge is 0.143 e. The van der Waals surface area contributed by atoms with Gasteiger partial charge >= 0.3 is 0 Å². The summed E-state index contributed by atoms with van der Waals surface area (Å²) in [5, 5.41) is 12.4. The molecule has 250 valence electrons. The van der Waals surface area contributed by atoms with Crippen molar-refractivity contribution < 1.29 is 4.42 Å². The molecule has 1 aromatic heterocycles. The minimum Gasteiger partial charge on any atom is -0.455 e. The van der Waals surface area contributed by atoms with E-state index in [0.717, 1.165) is 28.7 Å². The summed E-state index contributed by atoms with van der Waals surface area (Å²) in [7, 11) is 0. The fourth-order valence-electron chi connectivity index (χ4n) is 9.39. The van der Waals surface area contributed by atoms with Crippen molar-refractivity contribution in [1.29, 1.82) is 0 Å². The lowest BCUT2D eigenvalue weighted by Crippen LogP contribution is -1.93. The average Bonchev–Trinajstić information content (AvgIpc) is 3.81. The van der Waals surface area contributed by atoms with Crippen molar-refractivity contribution >= 4 is 65.0 Å². The zero-order chi connectivity index (χ0) is 35.3. The van der Waals surface area contributed by atoms with Crippen molar-refractivity contribution in [1.82, 2.24) is 0 Å². The molecule has 10 aromatic carbocycles. The van der Waals surface area contributed by atoms with Gasteiger partial charge in [-0.2, -0.15) is 0 Å². The number of rotatable bonds is 3. The molecule has 0 radical (unpaired) electrons. The highest BCUT2D eigenvalue weighted by Crippen LogP contribution is 2.50. The number of hydrogen-bond acceptors (Lipinski definition) is 1. The Bertz CT molecular complexity index is 3360. The number of hydrogen-bond donors (Lipinski definition) is 0. The first-order valence-corrected chi connectivity index (χ1v) is 18.8. The quantitative estimate of drug-likeness (QED) is 0.169. The molecule has 0 spiro atoms. The molecule has 0 saturated heterocycles. The summed E-state index contributed by atoms with van der Waals surface area (Å²) in [6.45, 7) is 0. The van der Waals surface area contributed by atoms with Gasteiger partial charge in [0, 0.05) is 16.3 Å². The molecule has 0 saturated carbocycles. The molecule has 11 aromatic rings. The van der Waals surface area contributed by atoms with Crippen molar-refractivity contribution in [2.75, 3.05) is 0 Å². The Hall–Kier alpha value is -6.96. The number of para-hydroxylation sites is 1. The highest BCUT2D eigenvalue weighted by atomic mass is 16.3. The van der Waals surface area contributed by atoms with Crippen LogP contribution in [0.1, 0.15) is 11.1 Å². The molecule has 1 heteroatoms. The zero-order valence-corrected chi connectivity index (χ0v) is 29.4. The minimum absolute atomic E-state index is 0.913. The van der Waals surface area contributed by atoms with Crippen LogP contribution in [0, 0.1) is 0 Å². The van der Waals surface area contributed by atoms with E-state index >= 15 is 0 Å². The Morgan fingerprint density at radius 2 is 0.907 bits per heavy atom. The maximum Gasteiger partial charge on any atom is 0.143 e. The van der Waals surface area contributed by atoms with Crippen molar-refractivity contribution in [3.8, 4) is 44.5 Å². The van der Waals surface area contributed by atoms with E-state index in [1.54, 1.807) is 0 Å². The van der Waals surface area contributed by atoms with Gasteiger partial charge in [-0.1, -0.05) is 152 Å². The van der Waals surface area contributed by atoms with Crippen LogP contribution in [-0.2, 0) is 6.42 Å². The number of fused-ring (bicyclic) bond motifs is 11. The second kappa shape index (κ2) is 11.3. The van der Waals surface area contributed by atoms with Crippen LogP contribution in [-0.4, -0.2) is 0 Å². The number of furan rings is 1. The van der Waals surface area contributed by atoms with E-state index in [4.69, 9.17) is 4.42 Å². The lowest BCUT2D eigenvalue weighted by Gasteiger charge is -2.19. The van der Waals surface area contributed by atoms with Crippen LogP contribution in [0.25, 0.3) is 110 Å². The van der Waals surface area contributed by atoms with Crippen LogP contribution < -0.4 is 0 Å². The SMILES string of the molecule is c1ccc2c(c1)Cc1c-2cc(-c2ccc3c(-c4ccc5ccccc5c4)c4ccccc4c(-c4ccc5ccccc5c4)c3c2)c2oc3ccccc3c12. The van der Waals surface area contributed by atoms with Crippen LogP contribution in [0.2, 0.25) is 0 Å². The van der Waals surface area contributed by atoms with Crippen molar-refractivity contribution in [2.45, 2.75) is 6.42 Å². The molecular weight excluding hydrogens is 653 g/mol. The highest BCUT2D eigenvalue weighted by Gasteiger charge is 2.27. The Labute approximate surface area is 312 Å². The van der Waals surface area contributed by atoms with E-state index in [0.29, 0.717) is 0 Å². The molecule has 1 heterocycles. The summed E-state index contributed by atoms with van der Waals surface area (Å²) in [6, 6.07) is 67.0. The van der Waals surface area contributed by atoms with E-state index < -0.39 is 0 Å². The molecule has 0 aliphatic heterocycles. The van der Waals surface area contributed by atoms with Crippen LogP contribution >= 0.6 is 0 Å². The predicted molar refractivity (Wildman–Crippen MR) is 228 cm³/mol. The van der Waals surface area contributed by atoms with Gasteiger partial charge in [0.05, 0.1) is 0 Å². The average molecular weight is 685 g/mol. The Morgan fingerprint density at radius 3 is 1.63 bits per heavy atom.